The molecule has 2 aliphatic heterocycles. The lowest BCUT2D eigenvalue weighted by molar-refractivity contribution is -0.122. The van der Waals surface area contributed by atoms with Crippen LogP contribution in [0.4, 0.5) is 0 Å². The summed E-state index contributed by atoms with van der Waals surface area (Å²) in [6, 6.07) is -0.534. The number of hydrogen-bond acceptors (Lipinski definition) is 7. The van der Waals surface area contributed by atoms with Crippen molar-refractivity contribution in [3.63, 3.8) is 0 Å². The second kappa shape index (κ2) is 5.11. The van der Waals surface area contributed by atoms with Crippen LogP contribution in [0, 0.1) is 0 Å². The van der Waals surface area contributed by atoms with E-state index < -0.39 is 12.2 Å². The third kappa shape index (κ3) is 2.53. The molecule has 8 nitrogen and oxygen atoms in total. The van der Waals surface area contributed by atoms with Gasteiger partial charge < -0.3 is 20.1 Å². The molecule has 0 aliphatic carbocycles. The standard InChI is InChI=1S/C9H15N5O3/c1-16-2-3-17-5-14-4-11-6-7(14)12-9(10)13-8(6)15/h4,6-7H,2-3,5H2,1H3,(H3,10,12,13,15). The number of nitrogens with one attached hydrogen (secondary N) is 1. The van der Waals surface area contributed by atoms with Gasteiger partial charge in [0.25, 0.3) is 5.91 Å². The second-order valence-corrected chi connectivity index (χ2v) is 3.67. The molecular weight excluding hydrogens is 226 g/mol. The summed E-state index contributed by atoms with van der Waals surface area (Å²) >= 11 is 0. The van der Waals surface area contributed by atoms with Crippen molar-refractivity contribution in [3.8, 4) is 0 Å². The Labute approximate surface area is 98.5 Å². The van der Waals surface area contributed by atoms with Gasteiger partial charge in [0, 0.05) is 7.11 Å². The third-order valence-electron chi connectivity index (χ3n) is 2.46. The smallest absolute Gasteiger partial charge is 0.255 e. The van der Waals surface area contributed by atoms with E-state index in [2.05, 4.69) is 15.3 Å². The Morgan fingerprint density at radius 1 is 1.59 bits per heavy atom. The van der Waals surface area contributed by atoms with E-state index in [1.54, 1.807) is 18.3 Å². The molecular formula is C9H15N5O3. The van der Waals surface area contributed by atoms with Crippen molar-refractivity contribution in [3.05, 3.63) is 0 Å². The Hall–Kier alpha value is -1.67. The van der Waals surface area contributed by atoms with Gasteiger partial charge in [-0.2, -0.15) is 0 Å². The molecule has 2 heterocycles. The molecule has 0 saturated carbocycles. The first-order valence-corrected chi connectivity index (χ1v) is 5.22. The van der Waals surface area contributed by atoms with Crippen molar-refractivity contribution >= 4 is 18.2 Å². The average molecular weight is 241 g/mol. The zero-order valence-corrected chi connectivity index (χ0v) is 9.50. The highest BCUT2D eigenvalue weighted by Crippen LogP contribution is 2.17. The van der Waals surface area contributed by atoms with Gasteiger partial charge in [-0.1, -0.05) is 0 Å². The zero-order chi connectivity index (χ0) is 12.3. The highest BCUT2D eigenvalue weighted by molar-refractivity contribution is 6.02. The van der Waals surface area contributed by atoms with Crippen LogP contribution in [0.1, 0.15) is 0 Å². The van der Waals surface area contributed by atoms with Crippen molar-refractivity contribution in [2.24, 2.45) is 15.7 Å². The number of amides is 1. The van der Waals surface area contributed by atoms with Gasteiger partial charge in [0.05, 0.1) is 19.6 Å². The second-order valence-electron chi connectivity index (χ2n) is 3.67. The van der Waals surface area contributed by atoms with E-state index in [0.717, 1.165) is 0 Å². The number of nitrogens with zero attached hydrogens (tertiary/aromatic N) is 3. The molecule has 0 aromatic carbocycles. The Morgan fingerprint density at radius 2 is 2.41 bits per heavy atom. The molecule has 0 aromatic heterocycles. The van der Waals surface area contributed by atoms with Crippen molar-refractivity contribution < 1.29 is 14.3 Å². The molecule has 2 aliphatic rings. The van der Waals surface area contributed by atoms with E-state index >= 15 is 0 Å². The Kier molecular flexibility index (Phi) is 3.55. The summed E-state index contributed by atoms with van der Waals surface area (Å²) in [6.45, 7) is 1.30. The number of hydrogen-bond donors (Lipinski definition) is 2. The van der Waals surface area contributed by atoms with Gasteiger partial charge in [0.15, 0.2) is 18.2 Å². The lowest BCUT2D eigenvalue weighted by Crippen LogP contribution is -2.54. The molecule has 94 valence electrons. The summed E-state index contributed by atoms with van der Waals surface area (Å²) in [6.07, 6.45) is 1.16. The molecule has 0 fully saturated rings. The number of methoxy groups -OCH3 is 1. The van der Waals surface area contributed by atoms with Crippen molar-refractivity contribution in [2.45, 2.75) is 12.2 Å². The average Bonchev–Trinajstić information content (AvgIpc) is 2.68. The Bertz CT molecular complexity index is 357. The van der Waals surface area contributed by atoms with Crippen molar-refractivity contribution in [1.29, 1.82) is 0 Å². The van der Waals surface area contributed by atoms with Gasteiger partial charge in [-0.15, -0.1) is 0 Å². The fourth-order valence-electron chi connectivity index (χ4n) is 1.63. The molecule has 2 atom stereocenters. The minimum absolute atomic E-state index is 0.114. The summed E-state index contributed by atoms with van der Waals surface area (Å²) in [5.41, 5.74) is 5.49. The first-order valence-electron chi connectivity index (χ1n) is 5.22. The van der Waals surface area contributed by atoms with Crippen molar-refractivity contribution in [1.82, 2.24) is 10.2 Å². The van der Waals surface area contributed by atoms with Crippen LogP contribution in [0.5, 0.6) is 0 Å². The van der Waals surface area contributed by atoms with Gasteiger partial charge in [0.2, 0.25) is 0 Å². The fourth-order valence-corrected chi connectivity index (χ4v) is 1.63. The number of fused-ring (bicyclic) bond motifs is 1. The summed E-state index contributed by atoms with van der Waals surface area (Å²) in [7, 11) is 1.60. The molecule has 0 spiro atoms. The number of rotatable bonds is 5. The third-order valence-corrected chi connectivity index (χ3v) is 2.46. The number of guanidine groups is 1. The minimum atomic E-state index is -0.534. The number of carbonyl (C=O) groups excluding carboxylic acids is 1. The molecule has 0 saturated heterocycles. The van der Waals surface area contributed by atoms with Crippen LogP contribution >= 0.6 is 0 Å². The van der Waals surface area contributed by atoms with E-state index in [4.69, 9.17) is 15.2 Å². The van der Waals surface area contributed by atoms with Crippen LogP contribution in [-0.2, 0) is 14.3 Å². The van der Waals surface area contributed by atoms with Crippen LogP contribution in [0.2, 0.25) is 0 Å². The normalized spacial score (nSPS) is 26.8. The van der Waals surface area contributed by atoms with Crippen LogP contribution in [0.25, 0.3) is 0 Å². The van der Waals surface area contributed by atoms with Gasteiger partial charge in [-0.05, 0) is 0 Å². The van der Waals surface area contributed by atoms with Gasteiger partial charge >= 0.3 is 0 Å². The fraction of sp³-hybridized carbons (Fsp3) is 0.667. The molecule has 17 heavy (non-hydrogen) atoms. The quantitative estimate of drug-likeness (QED) is 0.547. The maximum Gasteiger partial charge on any atom is 0.255 e. The highest BCUT2D eigenvalue weighted by atomic mass is 16.5. The Balaban J connectivity index is 1.90. The molecule has 8 heteroatoms. The lowest BCUT2D eigenvalue weighted by atomic mass is 10.2. The molecule has 2 rings (SSSR count). The van der Waals surface area contributed by atoms with E-state index in [1.807, 2.05) is 0 Å². The predicted octanol–water partition coefficient (Wildman–Crippen LogP) is -1.91. The first-order chi connectivity index (χ1) is 8.22. The van der Waals surface area contributed by atoms with Crippen LogP contribution in [0.15, 0.2) is 9.98 Å². The van der Waals surface area contributed by atoms with Gasteiger partial charge in [-0.3, -0.25) is 15.1 Å². The lowest BCUT2D eigenvalue weighted by Gasteiger charge is -2.27. The van der Waals surface area contributed by atoms with E-state index in [9.17, 15) is 4.79 Å². The predicted molar refractivity (Wildman–Crippen MR) is 60.4 cm³/mol. The van der Waals surface area contributed by atoms with Crippen molar-refractivity contribution in [2.75, 3.05) is 27.1 Å². The summed E-state index contributed by atoms with van der Waals surface area (Å²) in [5, 5.41) is 2.44. The molecule has 1 amide bonds. The molecule has 2 unspecified atom stereocenters. The number of aliphatic imine (C=N–C) groups is 2. The molecule has 0 radical (unpaired) electrons. The van der Waals surface area contributed by atoms with Gasteiger partial charge in [0.1, 0.15) is 6.73 Å². The maximum absolute atomic E-state index is 11.5. The van der Waals surface area contributed by atoms with Gasteiger partial charge in [-0.25, -0.2) is 4.99 Å². The van der Waals surface area contributed by atoms with Crippen LogP contribution in [-0.4, -0.2) is 62.4 Å². The minimum Gasteiger partial charge on any atom is -0.382 e. The van der Waals surface area contributed by atoms with E-state index in [-0.39, 0.29) is 11.9 Å². The highest BCUT2D eigenvalue weighted by Gasteiger charge is 2.39. The van der Waals surface area contributed by atoms with E-state index in [1.165, 1.54) is 0 Å². The van der Waals surface area contributed by atoms with Crippen LogP contribution < -0.4 is 11.1 Å². The monoisotopic (exact) mass is 241 g/mol. The summed E-state index contributed by atoms with van der Waals surface area (Å²) in [5.74, 6) is -0.123. The largest absolute Gasteiger partial charge is 0.382 e. The Morgan fingerprint density at radius 3 is 3.18 bits per heavy atom. The first kappa shape index (κ1) is 11.8. The molecule has 3 N–H and O–H groups in total. The molecule has 0 bridgehead atoms. The summed E-state index contributed by atoms with van der Waals surface area (Å²) in [4.78, 5) is 21.5. The topological polar surface area (TPSA) is 102 Å². The maximum atomic E-state index is 11.5. The van der Waals surface area contributed by atoms with Crippen LogP contribution in [0.3, 0.4) is 0 Å². The number of carbonyl (C=O) groups is 1. The number of nitrogens with two attached hydrogens (primary N) is 1. The zero-order valence-electron chi connectivity index (χ0n) is 9.50. The number of ether oxygens (including phenoxy) is 2. The SMILES string of the molecule is COCCOCN1C=NC2C(=O)NC(N)=NC21. The summed E-state index contributed by atoms with van der Waals surface area (Å²) < 4.78 is 10.2. The van der Waals surface area contributed by atoms with E-state index in [0.29, 0.717) is 19.9 Å². The molecule has 0 aromatic rings.